The number of rotatable bonds is 2. The van der Waals surface area contributed by atoms with E-state index in [-0.39, 0.29) is 5.78 Å². The lowest BCUT2D eigenvalue weighted by atomic mass is 10.1. The molecule has 0 spiro atoms. The van der Waals surface area contributed by atoms with E-state index in [0.717, 1.165) is 3.57 Å². The van der Waals surface area contributed by atoms with Gasteiger partial charge >= 0.3 is 0 Å². The minimum Gasteiger partial charge on any atom is -0.381 e. The van der Waals surface area contributed by atoms with Gasteiger partial charge in [0.25, 0.3) is 0 Å². The Morgan fingerprint density at radius 1 is 1.58 bits per heavy atom. The lowest BCUT2D eigenvalue weighted by molar-refractivity contribution is -0.125. The molecule has 0 amide bonds. The van der Waals surface area contributed by atoms with Crippen molar-refractivity contribution in [3.05, 3.63) is 33.4 Å². The normalized spacial score (nSPS) is 12.6. The molecule has 0 aromatic heterocycles. The maximum absolute atomic E-state index is 10.8. The van der Waals surface area contributed by atoms with Gasteiger partial charge in [-0.15, -0.1) is 0 Å². The van der Waals surface area contributed by atoms with Crippen molar-refractivity contribution in [2.75, 3.05) is 0 Å². The molecule has 0 aliphatic rings. The van der Waals surface area contributed by atoms with Gasteiger partial charge in [-0.05, 0) is 47.2 Å². The van der Waals surface area contributed by atoms with Gasteiger partial charge in [-0.1, -0.05) is 12.1 Å². The fourth-order valence-electron chi connectivity index (χ4n) is 0.911. The van der Waals surface area contributed by atoms with E-state index in [1.165, 1.54) is 6.92 Å². The highest BCUT2D eigenvalue weighted by Gasteiger charge is 2.11. The van der Waals surface area contributed by atoms with Gasteiger partial charge in [0.2, 0.25) is 0 Å². The van der Waals surface area contributed by atoms with Gasteiger partial charge in [-0.3, -0.25) is 4.79 Å². The lowest BCUT2D eigenvalue weighted by Crippen LogP contribution is -2.07. The second-order valence-corrected chi connectivity index (χ2v) is 3.81. The zero-order valence-electron chi connectivity index (χ0n) is 6.62. The first-order valence-electron chi connectivity index (χ1n) is 3.55. The fraction of sp³-hybridized carbons (Fsp3) is 0.222. The van der Waals surface area contributed by atoms with E-state index in [1.54, 1.807) is 12.1 Å². The summed E-state index contributed by atoms with van der Waals surface area (Å²) in [5.74, 6) is -0.225. The molecule has 0 radical (unpaired) electrons. The zero-order valence-corrected chi connectivity index (χ0v) is 8.78. The molecule has 0 saturated carbocycles. The second-order valence-electron chi connectivity index (χ2n) is 2.57. The Balaban J connectivity index is 2.95. The van der Waals surface area contributed by atoms with Crippen LogP contribution in [0.15, 0.2) is 24.3 Å². The van der Waals surface area contributed by atoms with Crippen LogP contribution in [-0.4, -0.2) is 10.9 Å². The largest absolute Gasteiger partial charge is 0.381 e. The van der Waals surface area contributed by atoms with Crippen LogP contribution in [0.1, 0.15) is 18.6 Å². The first-order chi connectivity index (χ1) is 5.61. The molecule has 1 N–H and O–H groups in total. The average molecular weight is 276 g/mol. The molecule has 1 atom stereocenters. The van der Waals surface area contributed by atoms with E-state index >= 15 is 0 Å². The number of carbonyl (C=O) groups excluding carboxylic acids is 1. The van der Waals surface area contributed by atoms with Gasteiger partial charge in [0.1, 0.15) is 6.10 Å². The molecule has 0 unspecified atom stereocenters. The van der Waals surface area contributed by atoms with Gasteiger partial charge in [0.05, 0.1) is 0 Å². The van der Waals surface area contributed by atoms with E-state index in [2.05, 4.69) is 22.6 Å². The zero-order chi connectivity index (χ0) is 9.14. The van der Waals surface area contributed by atoms with Crippen LogP contribution >= 0.6 is 22.6 Å². The summed E-state index contributed by atoms with van der Waals surface area (Å²) in [5, 5.41) is 9.37. The average Bonchev–Trinajstić information content (AvgIpc) is 2.03. The third kappa shape index (κ3) is 2.28. The molecule has 0 saturated heterocycles. The van der Waals surface area contributed by atoms with Crippen molar-refractivity contribution in [1.82, 2.24) is 0 Å². The van der Waals surface area contributed by atoms with Crippen molar-refractivity contribution >= 4 is 28.4 Å². The Labute approximate surface area is 84.7 Å². The van der Waals surface area contributed by atoms with Gasteiger partial charge in [-0.2, -0.15) is 0 Å². The van der Waals surface area contributed by atoms with Crippen LogP contribution in [0.5, 0.6) is 0 Å². The highest BCUT2D eigenvalue weighted by molar-refractivity contribution is 14.1. The van der Waals surface area contributed by atoms with Crippen LogP contribution in [0.4, 0.5) is 0 Å². The smallest absolute Gasteiger partial charge is 0.162 e. The summed E-state index contributed by atoms with van der Waals surface area (Å²) in [4.78, 5) is 10.8. The highest BCUT2D eigenvalue weighted by Crippen LogP contribution is 2.16. The molecule has 3 heteroatoms. The second kappa shape index (κ2) is 4.00. The molecular weight excluding hydrogens is 267 g/mol. The summed E-state index contributed by atoms with van der Waals surface area (Å²) in [7, 11) is 0. The van der Waals surface area contributed by atoms with Crippen LogP contribution in [0, 0.1) is 3.57 Å². The lowest BCUT2D eigenvalue weighted by Gasteiger charge is -2.06. The predicted octanol–water partition coefficient (Wildman–Crippen LogP) is 1.91. The number of benzene rings is 1. The van der Waals surface area contributed by atoms with Crippen molar-refractivity contribution in [2.24, 2.45) is 0 Å². The Kier molecular flexibility index (Phi) is 3.22. The highest BCUT2D eigenvalue weighted by atomic mass is 127. The predicted molar refractivity (Wildman–Crippen MR) is 54.8 cm³/mol. The summed E-state index contributed by atoms with van der Waals surface area (Å²) in [5.41, 5.74) is 0.661. The monoisotopic (exact) mass is 276 g/mol. The molecule has 1 aromatic rings. The molecule has 1 rings (SSSR count). The molecule has 64 valence electrons. The number of aliphatic hydroxyl groups is 1. The summed E-state index contributed by atoms with van der Waals surface area (Å²) >= 11 is 2.14. The summed E-state index contributed by atoms with van der Waals surface area (Å²) < 4.78 is 1.02. The number of hydrogen-bond acceptors (Lipinski definition) is 2. The number of ketones is 1. The first kappa shape index (κ1) is 9.67. The Hall–Kier alpha value is -0.420. The minimum atomic E-state index is -0.972. The maximum atomic E-state index is 10.8. The topological polar surface area (TPSA) is 37.3 Å². The quantitative estimate of drug-likeness (QED) is 0.838. The number of carbonyl (C=O) groups is 1. The van der Waals surface area contributed by atoms with E-state index in [9.17, 15) is 9.90 Å². The van der Waals surface area contributed by atoms with E-state index in [0.29, 0.717) is 5.56 Å². The summed E-state index contributed by atoms with van der Waals surface area (Å²) in [6.07, 6.45) is -0.972. The molecule has 12 heavy (non-hydrogen) atoms. The number of aliphatic hydroxyl groups excluding tert-OH is 1. The third-order valence-electron chi connectivity index (χ3n) is 1.55. The van der Waals surface area contributed by atoms with Crippen molar-refractivity contribution in [2.45, 2.75) is 13.0 Å². The maximum Gasteiger partial charge on any atom is 0.162 e. The van der Waals surface area contributed by atoms with Crippen molar-refractivity contribution < 1.29 is 9.90 Å². The van der Waals surface area contributed by atoms with Crippen LogP contribution in [-0.2, 0) is 4.79 Å². The standard InChI is InChI=1S/C9H9IO2/c1-6(11)9(12)7-3-2-4-8(10)5-7/h2-5,9,12H,1H3/t9-/m0/s1. The molecular formula is C9H9IO2. The van der Waals surface area contributed by atoms with Crippen molar-refractivity contribution in [1.29, 1.82) is 0 Å². The summed E-state index contributed by atoms with van der Waals surface area (Å²) in [6.45, 7) is 1.38. The first-order valence-corrected chi connectivity index (χ1v) is 4.63. The molecule has 1 aromatic carbocycles. The van der Waals surface area contributed by atoms with Crippen LogP contribution < -0.4 is 0 Å². The molecule has 0 aliphatic carbocycles. The fourth-order valence-corrected chi connectivity index (χ4v) is 1.48. The van der Waals surface area contributed by atoms with E-state index in [4.69, 9.17) is 0 Å². The van der Waals surface area contributed by atoms with Gasteiger partial charge in [0, 0.05) is 3.57 Å². The van der Waals surface area contributed by atoms with Crippen LogP contribution in [0.25, 0.3) is 0 Å². The Morgan fingerprint density at radius 3 is 2.75 bits per heavy atom. The van der Waals surface area contributed by atoms with Crippen molar-refractivity contribution in [3.63, 3.8) is 0 Å². The Morgan fingerprint density at radius 2 is 2.25 bits per heavy atom. The molecule has 0 heterocycles. The van der Waals surface area contributed by atoms with Gasteiger partial charge in [0.15, 0.2) is 5.78 Å². The van der Waals surface area contributed by atoms with E-state index < -0.39 is 6.10 Å². The number of hydrogen-bond donors (Lipinski definition) is 1. The molecule has 0 bridgehead atoms. The Bertz CT molecular complexity index is 296. The van der Waals surface area contributed by atoms with Gasteiger partial charge < -0.3 is 5.11 Å². The van der Waals surface area contributed by atoms with Crippen LogP contribution in [0.2, 0.25) is 0 Å². The van der Waals surface area contributed by atoms with Crippen molar-refractivity contribution in [3.8, 4) is 0 Å². The number of Topliss-reactive ketones (excluding diaryl/α,β-unsaturated/α-hetero) is 1. The van der Waals surface area contributed by atoms with E-state index in [1.807, 2.05) is 12.1 Å². The molecule has 0 aliphatic heterocycles. The SMILES string of the molecule is CC(=O)[C@H](O)c1cccc(I)c1. The molecule has 0 fully saturated rings. The van der Waals surface area contributed by atoms with Gasteiger partial charge in [-0.25, -0.2) is 0 Å². The summed E-state index contributed by atoms with van der Waals surface area (Å²) in [6, 6.07) is 7.28. The number of halogens is 1. The minimum absolute atomic E-state index is 0.225. The molecule has 2 nitrogen and oxygen atoms in total. The van der Waals surface area contributed by atoms with Crippen LogP contribution in [0.3, 0.4) is 0 Å². The third-order valence-corrected chi connectivity index (χ3v) is 2.22.